The lowest BCUT2D eigenvalue weighted by atomic mass is 9.79. The number of anilines is 3. The van der Waals surface area contributed by atoms with Crippen molar-refractivity contribution in [1.82, 2.24) is 15.3 Å². The summed E-state index contributed by atoms with van der Waals surface area (Å²) >= 11 is 0. The minimum absolute atomic E-state index is 0.00355. The van der Waals surface area contributed by atoms with Gasteiger partial charge in [-0.2, -0.15) is 0 Å². The number of piperidine rings is 1. The maximum absolute atomic E-state index is 12.1. The van der Waals surface area contributed by atoms with Gasteiger partial charge in [0.25, 0.3) is 0 Å². The summed E-state index contributed by atoms with van der Waals surface area (Å²) in [6.07, 6.45) is 2.87. The Bertz CT molecular complexity index is 1020. The number of hydrogen-bond acceptors (Lipinski definition) is 9. The normalized spacial score (nSPS) is 17.3. The third-order valence-electron chi connectivity index (χ3n) is 5.47. The van der Waals surface area contributed by atoms with Gasteiger partial charge in [0.15, 0.2) is 0 Å². The molecule has 1 aliphatic rings. The van der Waals surface area contributed by atoms with Crippen LogP contribution in [0.1, 0.15) is 64.7 Å². The Balaban J connectivity index is 1.79. The number of carbonyl (C=O) groups excluding carboxylic acids is 1. The second kappa shape index (κ2) is 9.92. The molecule has 1 aromatic carbocycles. The summed E-state index contributed by atoms with van der Waals surface area (Å²) in [6.45, 7) is 12.7. The fourth-order valence-corrected chi connectivity index (χ4v) is 4.52. The molecule has 2 heterocycles. The molecule has 0 atom stereocenters. The Kier molecular flexibility index (Phi) is 7.40. The molecule has 0 amide bonds. The Morgan fingerprint density at radius 2 is 1.74 bits per heavy atom. The minimum Gasteiger partial charge on any atom is -0.462 e. The molecule has 10 nitrogen and oxygen atoms in total. The minimum atomic E-state index is -0.486. The first-order valence-corrected chi connectivity index (χ1v) is 11.4. The van der Waals surface area contributed by atoms with Gasteiger partial charge in [-0.3, -0.25) is 10.1 Å². The number of esters is 1. The van der Waals surface area contributed by atoms with Crippen LogP contribution in [0.5, 0.6) is 0 Å². The number of hydrogen-bond donors (Lipinski definition) is 3. The van der Waals surface area contributed by atoms with Crippen molar-refractivity contribution in [2.24, 2.45) is 5.92 Å². The predicted molar refractivity (Wildman–Crippen MR) is 131 cm³/mol. The molecule has 1 aliphatic heterocycles. The van der Waals surface area contributed by atoms with Gasteiger partial charge in [-0.1, -0.05) is 13.8 Å². The van der Waals surface area contributed by atoms with Crippen LogP contribution in [0.2, 0.25) is 0 Å². The molecule has 0 spiro atoms. The molecule has 0 bridgehead atoms. The highest BCUT2D eigenvalue weighted by Crippen LogP contribution is 2.35. The Labute approximate surface area is 200 Å². The second-order valence-corrected chi connectivity index (χ2v) is 10.5. The van der Waals surface area contributed by atoms with E-state index in [1.54, 1.807) is 24.3 Å². The largest absolute Gasteiger partial charge is 0.462 e. The van der Waals surface area contributed by atoms with E-state index >= 15 is 0 Å². The van der Waals surface area contributed by atoms with Gasteiger partial charge in [0.2, 0.25) is 11.6 Å². The van der Waals surface area contributed by atoms with E-state index in [0.717, 1.165) is 12.8 Å². The van der Waals surface area contributed by atoms with E-state index in [4.69, 9.17) is 4.74 Å². The summed E-state index contributed by atoms with van der Waals surface area (Å²) in [5.74, 6) is 0.0839. The fourth-order valence-electron chi connectivity index (χ4n) is 4.52. The standard InChI is InChI=1S/C24H34N6O4/c1-15(2)13-34-22(31)16-7-9-17(10-8-16)27-20-19(30(32)33)21(26-14-25-20)28-18-11-23(3,4)29-24(5,6)12-18/h7-10,14-15,18,29H,11-13H2,1-6H3,(H2,25,26,27,28). The van der Waals surface area contributed by atoms with E-state index in [1.807, 2.05) is 13.8 Å². The Hall–Kier alpha value is -3.27. The number of rotatable bonds is 8. The molecular formula is C24H34N6O4. The third-order valence-corrected chi connectivity index (χ3v) is 5.47. The molecule has 3 N–H and O–H groups in total. The van der Waals surface area contributed by atoms with Gasteiger partial charge in [0, 0.05) is 22.8 Å². The maximum Gasteiger partial charge on any atom is 0.353 e. The van der Waals surface area contributed by atoms with E-state index in [1.165, 1.54) is 6.33 Å². The number of nitro groups is 1. The van der Waals surface area contributed by atoms with Crippen LogP contribution in [0.25, 0.3) is 0 Å². The number of benzene rings is 1. The molecule has 1 fully saturated rings. The molecule has 10 heteroatoms. The molecule has 0 saturated carbocycles. The summed E-state index contributed by atoms with van der Waals surface area (Å²) in [4.78, 5) is 31.9. The molecule has 0 radical (unpaired) electrons. The molecule has 0 unspecified atom stereocenters. The smallest absolute Gasteiger partial charge is 0.353 e. The van der Waals surface area contributed by atoms with Crippen LogP contribution in [0, 0.1) is 16.0 Å². The highest BCUT2D eigenvalue weighted by atomic mass is 16.6. The van der Waals surface area contributed by atoms with Crippen LogP contribution in [-0.4, -0.2) is 44.6 Å². The van der Waals surface area contributed by atoms with Gasteiger partial charge >= 0.3 is 11.7 Å². The van der Waals surface area contributed by atoms with Crippen LogP contribution in [0.3, 0.4) is 0 Å². The zero-order valence-electron chi connectivity index (χ0n) is 20.6. The van der Waals surface area contributed by atoms with Gasteiger partial charge < -0.3 is 20.7 Å². The van der Waals surface area contributed by atoms with E-state index in [-0.39, 0.29) is 40.4 Å². The van der Waals surface area contributed by atoms with Gasteiger partial charge in [-0.15, -0.1) is 0 Å². The van der Waals surface area contributed by atoms with Crippen molar-refractivity contribution >= 4 is 29.0 Å². The van der Waals surface area contributed by atoms with Crippen molar-refractivity contribution in [2.45, 2.75) is 71.5 Å². The van der Waals surface area contributed by atoms with Crippen LogP contribution in [0.4, 0.5) is 23.0 Å². The SMILES string of the molecule is CC(C)COC(=O)c1ccc(Nc2ncnc(NC3CC(C)(C)NC(C)(C)C3)c2[N+](=O)[O-])cc1. The zero-order chi connectivity index (χ0) is 25.1. The first kappa shape index (κ1) is 25.4. The maximum atomic E-state index is 12.1. The summed E-state index contributed by atoms with van der Waals surface area (Å²) in [7, 11) is 0. The number of aromatic nitrogens is 2. The van der Waals surface area contributed by atoms with Gasteiger partial charge in [0.05, 0.1) is 17.1 Å². The molecule has 2 aromatic rings. The number of nitrogens with one attached hydrogen (secondary N) is 3. The first-order valence-electron chi connectivity index (χ1n) is 11.4. The van der Waals surface area contributed by atoms with E-state index < -0.39 is 10.9 Å². The lowest BCUT2D eigenvalue weighted by Crippen LogP contribution is -2.60. The summed E-state index contributed by atoms with van der Waals surface area (Å²) in [5.41, 5.74) is 0.483. The molecule has 1 saturated heterocycles. The van der Waals surface area contributed by atoms with Gasteiger partial charge in [-0.25, -0.2) is 14.8 Å². The van der Waals surface area contributed by atoms with Crippen molar-refractivity contribution < 1.29 is 14.5 Å². The van der Waals surface area contributed by atoms with Crippen molar-refractivity contribution in [2.75, 3.05) is 17.2 Å². The molecule has 34 heavy (non-hydrogen) atoms. The van der Waals surface area contributed by atoms with Gasteiger partial charge in [0.1, 0.15) is 6.33 Å². The Morgan fingerprint density at radius 3 is 2.29 bits per heavy atom. The molecule has 0 aliphatic carbocycles. The van der Waals surface area contributed by atoms with E-state index in [9.17, 15) is 14.9 Å². The topological polar surface area (TPSA) is 131 Å². The second-order valence-electron chi connectivity index (χ2n) is 10.5. The first-order chi connectivity index (χ1) is 15.8. The average Bonchev–Trinajstić information content (AvgIpc) is 2.70. The summed E-state index contributed by atoms with van der Waals surface area (Å²) < 4.78 is 5.23. The number of nitrogens with zero attached hydrogens (tertiary/aromatic N) is 3. The van der Waals surface area contributed by atoms with E-state index in [0.29, 0.717) is 17.9 Å². The fraction of sp³-hybridized carbons (Fsp3) is 0.542. The Morgan fingerprint density at radius 1 is 1.15 bits per heavy atom. The number of ether oxygens (including phenoxy) is 1. The highest BCUT2D eigenvalue weighted by molar-refractivity contribution is 5.90. The quantitative estimate of drug-likeness (QED) is 0.286. The zero-order valence-corrected chi connectivity index (χ0v) is 20.6. The molecule has 1 aromatic heterocycles. The highest BCUT2D eigenvalue weighted by Gasteiger charge is 2.38. The lowest BCUT2D eigenvalue weighted by molar-refractivity contribution is -0.383. The van der Waals surface area contributed by atoms with Crippen molar-refractivity contribution in [3.63, 3.8) is 0 Å². The summed E-state index contributed by atoms with van der Waals surface area (Å²) in [5, 5.41) is 21.8. The number of carbonyl (C=O) groups is 1. The lowest BCUT2D eigenvalue weighted by Gasteiger charge is -2.46. The van der Waals surface area contributed by atoms with Crippen LogP contribution < -0.4 is 16.0 Å². The van der Waals surface area contributed by atoms with Crippen LogP contribution >= 0.6 is 0 Å². The average molecular weight is 471 g/mol. The van der Waals surface area contributed by atoms with Crippen LogP contribution in [0.15, 0.2) is 30.6 Å². The monoisotopic (exact) mass is 470 g/mol. The van der Waals surface area contributed by atoms with Crippen molar-refractivity contribution in [3.05, 3.63) is 46.3 Å². The van der Waals surface area contributed by atoms with Gasteiger partial charge in [-0.05, 0) is 70.7 Å². The third kappa shape index (κ3) is 6.63. The van der Waals surface area contributed by atoms with E-state index in [2.05, 4.69) is 53.6 Å². The molecular weight excluding hydrogens is 436 g/mol. The van der Waals surface area contributed by atoms with Crippen molar-refractivity contribution in [1.29, 1.82) is 0 Å². The summed E-state index contributed by atoms with van der Waals surface area (Å²) in [6, 6.07) is 6.53. The van der Waals surface area contributed by atoms with Crippen molar-refractivity contribution in [3.8, 4) is 0 Å². The molecule has 3 rings (SSSR count). The molecule has 184 valence electrons. The predicted octanol–water partition coefficient (Wildman–Crippen LogP) is 4.66. The van der Waals surface area contributed by atoms with Crippen LogP contribution in [-0.2, 0) is 4.74 Å².